The number of benzene rings is 2. The van der Waals surface area contributed by atoms with Crippen molar-refractivity contribution in [3.8, 4) is 23.3 Å². The Hall–Kier alpha value is -4.14. The molecule has 1 aliphatic heterocycles. The molecule has 0 N–H and O–H groups in total. The summed E-state index contributed by atoms with van der Waals surface area (Å²) in [5, 5.41) is 3.92. The molecular formula is C22H18FN3O5. The predicted octanol–water partition coefficient (Wildman–Crippen LogP) is 4.55. The van der Waals surface area contributed by atoms with Gasteiger partial charge in [-0.2, -0.15) is 14.4 Å². The van der Waals surface area contributed by atoms with E-state index >= 15 is 0 Å². The molecule has 4 rings (SSSR count). The zero-order valence-corrected chi connectivity index (χ0v) is 16.5. The third kappa shape index (κ3) is 4.72. The van der Waals surface area contributed by atoms with Crippen LogP contribution in [-0.4, -0.2) is 36.2 Å². The summed E-state index contributed by atoms with van der Waals surface area (Å²) in [5.74, 6) is -0.439. The summed E-state index contributed by atoms with van der Waals surface area (Å²) in [6.45, 7) is 0.682. The predicted molar refractivity (Wildman–Crippen MR) is 109 cm³/mol. The highest BCUT2D eigenvalue weighted by atomic mass is 19.1. The van der Waals surface area contributed by atoms with Crippen LogP contribution in [0.4, 0.5) is 4.39 Å². The fraction of sp³-hybridized carbons (Fsp3) is 0.136. The first kappa shape index (κ1) is 20.1. The van der Waals surface area contributed by atoms with Crippen LogP contribution in [-0.2, 0) is 14.3 Å². The van der Waals surface area contributed by atoms with Crippen LogP contribution in [0.5, 0.6) is 23.3 Å². The van der Waals surface area contributed by atoms with Crippen molar-refractivity contribution in [3.05, 3.63) is 78.6 Å². The van der Waals surface area contributed by atoms with Gasteiger partial charge in [0.1, 0.15) is 24.4 Å². The molecule has 2 heterocycles. The Labute approximate surface area is 177 Å². The summed E-state index contributed by atoms with van der Waals surface area (Å²) in [6, 6.07) is 15.7. The van der Waals surface area contributed by atoms with Crippen molar-refractivity contribution in [1.29, 1.82) is 0 Å². The fourth-order valence-electron chi connectivity index (χ4n) is 2.74. The van der Waals surface area contributed by atoms with E-state index in [2.05, 4.69) is 15.1 Å². The molecule has 0 radical (unpaired) electrons. The lowest BCUT2D eigenvalue weighted by atomic mass is 10.1. The lowest BCUT2D eigenvalue weighted by Crippen LogP contribution is -2.18. The molecule has 8 nitrogen and oxygen atoms in total. The van der Waals surface area contributed by atoms with E-state index in [1.807, 2.05) is 6.07 Å². The number of ether oxygens (including phenoxy) is 4. The van der Waals surface area contributed by atoms with Gasteiger partial charge >= 0.3 is 0 Å². The van der Waals surface area contributed by atoms with Gasteiger partial charge in [-0.25, -0.2) is 0 Å². The SMILES string of the molecule is COC=C(C1=NOCCO1)c1ccccc1Oc1ncnc(Oc2ccccc2)c1F. The molecule has 0 aliphatic carbocycles. The third-order valence-electron chi connectivity index (χ3n) is 4.09. The van der Waals surface area contributed by atoms with Crippen LogP contribution in [0.25, 0.3) is 5.57 Å². The number of para-hydroxylation sites is 2. The standard InChI is InChI=1S/C22H18FN3O5/c1-27-13-17(20-26-29-12-11-28-20)16-9-5-6-10-18(16)31-22-19(23)21(24-14-25-22)30-15-7-3-2-4-8-15/h2-10,13-14H,11-12H2,1H3. The number of nitrogens with zero attached hydrogens (tertiary/aromatic N) is 3. The zero-order valence-electron chi connectivity index (χ0n) is 16.5. The number of hydrogen-bond acceptors (Lipinski definition) is 8. The van der Waals surface area contributed by atoms with Crippen molar-refractivity contribution in [1.82, 2.24) is 9.97 Å². The van der Waals surface area contributed by atoms with Crippen LogP contribution < -0.4 is 9.47 Å². The highest BCUT2D eigenvalue weighted by Gasteiger charge is 2.22. The van der Waals surface area contributed by atoms with Gasteiger partial charge in [-0.3, -0.25) is 0 Å². The highest BCUT2D eigenvalue weighted by Crippen LogP contribution is 2.34. The summed E-state index contributed by atoms with van der Waals surface area (Å²) in [6.07, 6.45) is 2.60. The second-order valence-electron chi connectivity index (χ2n) is 6.16. The molecule has 1 aliphatic rings. The molecule has 0 fully saturated rings. The number of halogens is 1. The number of methoxy groups -OCH3 is 1. The second kappa shape index (κ2) is 9.57. The van der Waals surface area contributed by atoms with E-state index in [1.54, 1.807) is 48.5 Å². The van der Waals surface area contributed by atoms with Gasteiger partial charge in [0.25, 0.3) is 17.7 Å². The molecule has 9 heteroatoms. The van der Waals surface area contributed by atoms with Gasteiger partial charge in [-0.05, 0) is 23.4 Å². The quantitative estimate of drug-likeness (QED) is 0.516. The Balaban J connectivity index is 1.66. The number of rotatable bonds is 7. The van der Waals surface area contributed by atoms with Crippen LogP contribution in [0.3, 0.4) is 0 Å². The van der Waals surface area contributed by atoms with E-state index < -0.39 is 5.82 Å². The molecule has 1 aromatic heterocycles. The van der Waals surface area contributed by atoms with E-state index in [4.69, 9.17) is 23.8 Å². The molecule has 31 heavy (non-hydrogen) atoms. The van der Waals surface area contributed by atoms with Gasteiger partial charge in [-0.1, -0.05) is 36.4 Å². The molecule has 0 unspecified atom stereocenters. The maximum Gasteiger partial charge on any atom is 0.263 e. The summed E-state index contributed by atoms with van der Waals surface area (Å²) in [5.41, 5.74) is 1.00. The average molecular weight is 423 g/mol. The molecule has 2 aromatic carbocycles. The Morgan fingerprint density at radius 2 is 1.71 bits per heavy atom. The van der Waals surface area contributed by atoms with Gasteiger partial charge in [0, 0.05) is 5.56 Å². The van der Waals surface area contributed by atoms with Crippen molar-refractivity contribution < 1.29 is 28.2 Å². The third-order valence-corrected chi connectivity index (χ3v) is 4.09. The Bertz CT molecular complexity index is 1110. The molecule has 3 aromatic rings. The number of hydrogen-bond donors (Lipinski definition) is 0. The van der Waals surface area contributed by atoms with Crippen molar-refractivity contribution in [3.63, 3.8) is 0 Å². The van der Waals surface area contributed by atoms with Crippen LogP contribution in [0.15, 0.2) is 72.3 Å². The lowest BCUT2D eigenvalue weighted by molar-refractivity contribution is 0.0667. The largest absolute Gasteiger partial charge is 0.504 e. The zero-order chi connectivity index (χ0) is 21.5. The monoisotopic (exact) mass is 423 g/mol. The van der Waals surface area contributed by atoms with Gasteiger partial charge in [0.2, 0.25) is 5.82 Å². The summed E-state index contributed by atoms with van der Waals surface area (Å²) in [4.78, 5) is 12.9. The van der Waals surface area contributed by atoms with Gasteiger partial charge in [0.05, 0.1) is 18.9 Å². The Kier molecular flexibility index (Phi) is 6.22. The van der Waals surface area contributed by atoms with E-state index in [-0.39, 0.29) is 17.7 Å². The Morgan fingerprint density at radius 3 is 2.45 bits per heavy atom. The van der Waals surface area contributed by atoms with Gasteiger partial charge in [-0.15, -0.1) is 0 Å². The topological polar surface area (TPSA) is 84.3 Å². The van der Waals surface area contributed by atoms with Crippen LogP contribution in [0.1, 0.15) is 5.56 Å². The van der Waals surface area contributed by atoms with Crippen LogP contribution in [0, 0.1) is 5.82 Å². The molecule has 0 atom stereocenters. The maximum absolute atomic E-state index is 15.0. The first-order valence-corrected chi connectivity index (χ1v) is 9.33. The summed E-state index contributed by atoms with van der Waals surface area (Å²) in [7, 11) is 1.49. The normalized spacial score (nSPS) is 13.5. The Morgan fingerprint density at radius 1 is 0.968 bits per heavy atom. The molecule has 0 amide bonds. The van der Waals surface area contributed by atoms with E-state index in [0.29, 0.717) is 35.8 Å². The van der Waals surface area contributed by atoms with Gasteiger partial charge < -0.3 is 23.8 Å². The van der Waals surface area contributed by atoms with E-state index in [0.717, 1.165) is 6.33 Å². The molecular weight excluding hydrogens is 405 g/mol. The first-order chi connectivity index (χ1) is 15.3. The minimum atomic E-state index is -0.840. The highest BCUT2D eigenvalue weighted by molar-refractivity contribution is 6.20. The van der Waals surface area contributed by atoms with Gasteiger partial charge in [0.15, 0.2) is 6.61 Å². The molecule has 0 spiro atoms. The van der Waals surface area contributed by atoms with Crippen molar-refractivity contribution >= 4 is 11.5 Å². The smallest absolute Gasteiger partial charge is 0.263 e. The summed E-state index contributed by atoms with van der Waals surface area (Å²) >= 11 is 0. The molecule has 0 saturated carbocycles. The van der Waals surface area contributed by atoms with Crippen molar-refractivity contribution in [2.75, 3.05) is 20.3 Å². The first-order valence-electron chi connectivity index (χ1n) is 9.33. The molecule has 0 saturated heterocycles. The number of aromatic nitrogens is 2. The molecule has 0 bridgehead atoms. The minimum absolute atomic E-state index is 0.223. The fourth-order valence-corrected chi connectivity index (χ4v) is 2.74. The van der Waals surface area contributed by atoms with E-state index in [1.165, 1.54) is 13.4 Å². The van der Waals surface area contributed by atoms with Crippen molar-refractivity contribution in [2.24, 2.45) is 5.16 Å². The minimum Gasteiger partial charge on any atom is -0.504 e. The van der Waals surface area contributed by atoms with Crippen LogP contribution >= 0.6 is 0 Å². The summed E-state index contributed by atoms with van der Waals surface area (Å²) < 4.78 is 37.0. The lowest BCUT2D eigenvalue weighted by Gasteiger charge is -2.18. The van der Waals surface area contributed by atoms with E-state index in [9.17, 15) is 4.39 Å². The second-order valence-corrected chi connectivity index (χ2v) is 6.16. The number of oxime groups is 1. The maximum atomic E-state index is 15.0. The average Bonchev–Trinajstić information content (AvgIpc) is 2.82. The van der Waals surface area contributed by atoms with Crippen LogP contribution in [0.2, 0.25) is 0 Å². The van der Waals surface area contributed by atoms with Crippen molar-refractivity contribution in [2.45, 2.75) is 0 Å². The molecule has 158 valence electrons.